The molecule has 0 N–H and O–H groups in total. The Bertz CT molecular complexity index is 321. The van der Waals surface area contributed by atoms with E-state index in [9.17, 15) is 0 Å². The number of rotatable bonds is 10. The summed E-state index contributed by atoms with van der Waals surface area (Å²) in [6.07, 6.45) is 12.7. The fourth-order valence-corrected chi connectivity index (χ4v) is 2.48. The van der Waals surface area contributed by atoms with Gasteiger partial charge in [0.05, 0.1) is 6.10 Å². The first kappa shape index (κ1) is 21.2. The molecule has 0 aromatic heterocycles. The van der Waals surface area contributed by atoms with Crippen molar-refractivity contribution in [3.63, 3.8) is 0 Å². The summed E-state index contributed by atoms with van der Waals surface area (Å²) in [5.74, 6) is 0. The number of benzene rings is 1. The smallest absolute Gasteiger partial charge is 0.0568 e. The minimum Gasteiger partial charge on any atom is -0.381 e. The van der Waals surface area contributed by atoms with Crippen LogP contribution in [0.4, 0.5) is 0 Å². The SMILES string of the molecule is CCCCCCCCCC(CC)OC.Cc1ccccc1C. The topological polar surface area (TPSA) is 9.23 Å². The lowest BCUT2D eigenvalue weighted by molar-refractivity contribution is 0.0897. The summed E-state index contributed by atoms with van der Waals surface area (Å²) in [6.45, 7) is 8.71. The standard InChI is InChI=1S/C13H28O.C8H10/c1-4-6-7-8-9-10-11-12-13(5-2)14-3;1-7-5-3-4-6-8(7)2/h13H,4-12H2,1-3H3;3-6H,1-2H3. The number of unbranched alkanes of at least 4 members (excludes halogenated alkanes) is 6. The number of hydrogen-bond donors (Lipinski definition) is 0. The van der Waals surface area contributed by atoms with E-state index in [4.69, 9.17) is 4.74 Å². The molecule has 0 saturated carbocycles. The molecule has 0 spiro atoms. The molecule has 0 amide bonds. The van der Waals surface area contributed by atoms with Crippen LogP contribution in [-0.4, -0.2) is 13.2 Å². The van der Waals surface area contributed by atoms with Gasteiger partial charge in [0.1, 0.15) is 0 Å². The van der Waals surface area contributed by atoms with Crippen LogP contribution in [0.5, 0.6) is 0 Å². The summed E-state index contributed by atoms with van der Waals surface area (Å²) in [6, 6.07) is 8.36. The predicted molar refractivity (Wildman–Crippen MR) is 99.6 cm³/mol. The Morgan fingerprint density at radius 1 is 0.818 bits per heavy atom. The Morgan fingerprint density at radius 3 is 1.73 bits per heavy atom. The first-order valence-electron chi connectivity index (χ1n) is 9.20. The molecule has 0 saturated heterocycles. The molecule has 1 atom stereocenters. The molecule has 1 heteroatoms. The van der Waals surface area contributed by atoms with Crippen molar-refractivity contribution in [2.24, 2.45) is 0 Å². The molecule has 0 heterocycles. The summed E-state index contributed by atoms with van der Waals surface area (Å²) in [4.78, 5) is 0. The summed E-state index contributed by atoms with van der Waals surface area (Å²) >= 11 is 0. The van der Waals surface area contributed by atoms with Crippen LogP contribution in [0.15, 0.2) is 24.3 Å². The van der Waals surface area contributed by atoms with Gasteiger partial charge in [-0.2, -0.15) is 0 Å². The second-order valence-electron chi connectivity index (χ2n) is 6.26. The lowest BCUT2D eigenvalue weighted by Gasteiger charge is -2.11. The van der Waals surface area contributed by atoms with E-state index in [1.54, 1.807) is 0 Å². The van der Waals surface area contributed by atoms with Gasteiger partial charge in [-0.1, -0.05) is 83.1 Å². The Morgan fingerprint density at radius 2 is 1.32 bits per heavy atom. The maximum atomic E-state index is 5.34. The number of aryl methyl sites for hydroxylation is 2. The van der Waals surface area contributed by atoms with Gasteiger partial charge in [0.2, 0.25) is 0 Å². The fraction of sp³-hybridized carbons (Fsp3) is 0.714. The average molecular weight is 307 g/mol. The summed E-state index contributed by atoms with van der Waals surface area (Å²) in [5, 5.41) is 0. The molecular formula is C21H38O. The minimum absolute atomic E-state index is 0.505. The number of methoxy groups -OCH3 is 1. The van der Waals surface area contributed by atoms with Crippen LogP contribution in [0, 0.1) is 13.8 Å². The maximum absolute atomic E-state index is 5.34. The largest absolute Gasteiger partial charge is 0.381 e. The third-order valence-corrected chi connectivity index (χ3v) is 4.34. The fourth-order valence-electron chi connectivity index (χ4n) is 2.48. The molecular weight excluding hydrogens is 268 g/mol. The Kier molecular flexibility index (Phi) is 14.5. The van der Waals surface area contributed by atoms with Crippen LogP contribution in [0.25, 0.3) is 0 Å². The van der Waals surface area contributed by atoms with E-state index in [1.165, 1.54) is 62.5 Å². The molecule has 0 aliphatic heterocycles. The van der Waals surface area contributed by atoms with E-state index in [0.717, 1.165) is 6.42 Å². The Hall–Kier alpha value is -0.820. The number of ether oxygens (including phenoxy) is 1. The quantitative estimate of drug-likeness (QED) is 0.429. The third-order valence-electron chi connectivity index (χ3n) is 4.34. The maximum Gasteiger partial charge on any atom is 0.0568 e. The molecule has 0 fully saturated rings. The van der Waals surface area contributed by atoms with E-state index in [2.05, 4.69) is 52.0 Å². The van der Waals surface area contributed by atoms with Gasteiger partial charge in [-0.25, -0.2) is 0 Å². The van der Waals surface area contributed by atoms with E-state index in [0.29, 0.717) is 6.10 Å². The van der Waals surface area contributed by atoms with Crippen molar-refractivity contribution in [2.75, 3.05) is 7.11 Å². The zero-order valence-corrected chi connectivity index (χ0v) is 15.7. The van der Waals surface area contributed by atoms with E-state index < -0.39 is 0 Å². The summed E-state index contributed by atoms with van der Waals surface area (Å²) < 4.78 is 5.34. The van der Waals surface area contributed by atoms with Gasteiger partial charge in [0.15, 0.2) is 0 Å². The van der Waals surface area contributed by atoms with Gasteiger partial charge in [-0.15, -0.1) is 0 Å². The molecule has 128 valence electrons. The van der Waals surface area contributed by atoms with Crippen molar-refractivity contribution < 1.29 is 4.74 Å². The van der Waals surface area contributed by atoms with Gasteiger partial charge >= 0.3 is 0 Å². The van der Waals surface area contributed by atoms with Gasteiger partial charge in [-0.3, -0.25) is 0 Å². The minimum atomic E-state index is 0.505. The highest BCUT2D eigenvalue weighted by atomic mass is 16.5. The van der Waals surface area contributed by atoms with Crippen molar-refractivity contribution in [3.8, 4) is 0 Å². The normalized spacial score (nSPS) is 11.7. The van der Waals surface area contributed by atoms with Crippen molar-refractivity contribution in [2.45, 2.75) is 91.6 Å². The summed E-state index contributed by atoms with van der Waals surface area (Å²) in [5.41, 5.74) is 2.74. The van der Waals surface area contributed by atoms with E-state index in [1.807, 2.05) is 7.11 Å². The molecule has 0 radical (unpaired) electrons. The van der Waals surface area contributed by atoms with E-state index >= 15 is 0 Å². The van der Waals surface area contributed by atoms with Crippen molar-refractivity contribution in [3.05, 3.63) is 35.4 Å². The molecule has 0 bridgehead atoms. The van der Waals surface area contributed by atoms with Gasteiger partial charge in [-0.05, 0) is 37.8 Å². The highest BCUT2D eigenvalue weighted by molar-refractivity contribution is 5.23. The third kappa shape index (κ3) is 11.8. The first-order valence-corrected chi connectivity index (χ1v) is 9.20. The van der Waals surface area contributed by atoms with Crippen LogP contribution >= 0.6 is 0 Å². The van der Waals surface area contributed by atoms with Crippen LogP contribution < -0.4 is 0 Å². The zero-order valence-electron chi connectivity index (χ0n) is 15.7. The van der Waals surface area contributed by atoms with Crippen molar-refractivity contribution >= 4 is 0 Å². The van der Waals surface area contributed by atoms with Gasteiger partial charge < -0.3 is 4.74 Å². The molecule has 22 heavy (non-hydrogen) atoms. The molecule has 1 rings (SSSR count). The highest BCUT2D eigenvalue weighted by Gasteiger charge is 2.02. The first-order chi connectivity index (χ1) is 10.7. The zero-order chi connectivity index (χ0) is 16.6. The molecule has 1 nitrogen and oxygen atoms in total. The highest BCUT2D eigenvalue weighted by Crippen LogP contribution is 2.12. The number of hydrogen-bond acceptors (Lipinski definition) is 1. The molecule has 1 aromatic rings. The average Bonchev–Trinajstić information content (AvgIpc) is 2.54. The molecule has 0 aliphatic rings. The molecule has 1 aromatic carbocycles. The van der Waals surface area contributed by atoms with Crippen molar-refractivity contribution in [1.82, 2.24) is 0 Å². The van der Waals surface area contributed by atoms with Crippen LogP contribution in [-0.2, 0) is 4.74 Å². The summed E-state index contributed by atoms with van der Waals surface area (Å²) in [7, 11) is 1.83. The lowest BCUT2D eigenvalue weighted by atomic mass is 10.1. The van der Waals surface area contributed by atoms with Crippen LogP contribution in [0.2, 0.25) is 0 Å². The molecule has 1 unspecified atom stereocenters. The Labute approximate surface area is 139 Å². The monoisotopic (exact) mass is 306 g/mol. The van der Waals surface area contributed by atoms with Gasteiger partial charge in [0.25, 0.3) is 0 Å². The second kappa shape index (κ2) is 15.1. The van der Waals surface area contributed by atoms with Crippen LogP contribution in [0.1, 0.15) is 82.8 Å². The lowest BCUT2D eigenvalue weighted by Crippen LogP contribution is -2.08. The van der Waals surface area contributed by atoms with Crippen LogP contribution in [0.3, 0.4) is 0 Å². The van der Waals surface area contributed by atoms with E-state index in [-0.39, 0.29) is 0 Å². The van der Waals surface area contributed by atoms with Gasteiger partial charge in [0, 0.05) is 7.11 Å². The second-order valence-corrected chi connectivity index (χ2v) is 6.26. The molecule has 0 aliphatic carbocycles. The van der Waals surface area contributed by atoms with Crippen molar-refractivity contribution in [1.29, 1.82) is 0 Å². The Balaban J connectivity index is 0.000000461. The predicted octanol–water partition coefficient (Wildman–Crippen LogP) is 6.86.